The Morgan fingerprint density at radius 3 is 2.93 bits per heavy atom. The van der Waals surface area contributed by atoms with Gasteiger partial charge in [-0.15, -0.1) is 23.1 Å². The molecule has 0 radical (unpaired) electrons. The normalized spacial score (nSPS) is 10.4. The summed E-state index contributed by atoms with van der Waals surface area (Å²) in [4.78, 5) is 1.07. The zero-order chi connectivity index (χ0) is 10.1. The number of benzene rings is 1. The first kappa shape index (κ1) is 9.85. The van der Waals surface area contributed by atoms with E-state index < -0.39 is 0 Å². The van der Waals surface area contributed by atoms with E-state index in [4.69, 9.17) is 16.9 Å². The third-order valence-corrected chi connectivity index (χ3v) is 4.38. The van der Waals surface area contributed by atoms with Crippen LogP contribution in [-0.4, -0.2) is 6.26 Å². The molecule has 0 bridgehead atoms. The first-order chi connectivity index (χ1) is 6.77. The Morgan fingerprint density at radius 2 is 2.29 bits per heavy atom. The maximum Gasteiger partial charge on any atom is 0.101 e. The molecule has 1 nitrogen and oxygen atoms in total. The highest BCUT2D eigenvalue weighted by atomic mass is 35.5. The zero-order valence-corrected chi connectivity index (χ0v) is 9.76. The van der Waals surface area contributed by atoms with Crippen LogP contribution in [0.3, 0.4) is 0 Å². The van der Waals surface area contributed by atoms with Crippen LogP contribution in [0.15, 0.2) is 22.4 Å². The van der Waals surface area contributed by atoms with Crippen molar-refractivity contribution in [1.29, 1.82) is 5.26 Å². The van der Waals surface area contributed by atoms with Gasteiger partial charge >= 0.3 is 0 Å². The number of hydrogen-bond acceptors (Lipinski definition) is 3. The molecule has 0 saturated carbocycles. The second kappa shape index (κ2) is 3.82. The molecule has 0 saturated heterocycles. The zero-order valence-electron chi connectivity index (χ0n) is 7.37. The van der Waals surface area contributed by atoms with E-state index in [-0.39, 0.29) is 0 Å². The van der Waals surface area contributed by atoms with Crippen LogP contribution >= 0.6 is 34.7 Å². The molecule has 0 unspecified atom stereocenters. The number of thioether (sulfide) groups is 1. The molecule has 70 valence electrons. The Balaban J connectivity index is 2.85. The van der Waals surface area contributed by atoms with Gasteiger partial charge in [-0.2, -0.15) is 5.26 Å². The maximum atomic E-state index is 8.87. The van der Waals surface area contributed by atoms with Gasteiger partial charge in [-0.3, -0.25) is 0 Å². The third kappa shape index (κ3) is 1.40. The van der Waals surface area contributed by atoms with Crippen LogP contribution in [0.2, 0.25) is 5.02 Å². The van der Waals surface area contributed by atoms with E-state index in [1.165, 1.54) is 0 Å². The minimum absolute atomic E-state index is 0.733. The number of nitriles is 1. The molecule has 0 atom stereocenters. The number of nitrogens with zero attached hydrogens (tertiary/aromatic N) is 1. The van der Waals surface area contributed by atoms with Crippen molar-refractivity contribution in [1.82, 2.24) is 0 Å². The fourth-order valence-electron chi connectivity index (χ4n) is 1.33. The van der Waals surface area contributed by atoms with Gasteiger partial charge in [0.05, 0.1) is 15.3 Å². The van der Waals surface area contributed by atoms with E-state index in [2.05, 4.69) is 6.07 Å². The van der Waals surface area contributed by atoms with Crippen molar-refractivity contribution in [2.75, 3.05) is 6.26 Å². The van der Waals surface area contributed by atoms with E-state index in [1.807, 2.05) is 23.8 Å². The molecule has 2 rings (SSSR count). The van der Waals surface area contributed by atoms with E-state index in [0.717, 1.165) is 25.6 Å². The van der Waals surface area contributed by atoms with Crippen molar-refractivity contribution >= 4 is 44.8 Å². The van der Waals surface area contributed by atoms with Crippen LogP contribution in [0.25, 0.3) is 10.1 Å². The van der Waals surface area contributed by atoms with Gasteiger partial charge in [0.25, 0.3) is 0 Å². The molecule has 0 amide bonds. The van der Waals surface area contributed by atoms with Crippen LogP contribution < -0.4 is 0 Å². The molecular weight excluding hydrogens is 234 g/mol. The van der Waals surface area contributed by atoms with Crippen molar-refractivity contribution < 1.29 is 0 Å². The summed E-state index contributed by atoms with van der Waals surface area (Å²) in [6.45, 7) is 0. The van der Waals surface area contributed by atoms with E-state index in [9.17, 15) is 0 Å². The Kier molecular flexibility index (Phi) is 2.69. The van der Waals surface area contributed by atoms with E-state index in [0.29, 0.717) is 0 Å². The first-order valence-corrected chi connectivity index (χ1v) is 6.40. The number of halogens is 1. The minimum Gasteiger partial charge on any atom is -0.192 e. The largest absolute Gasteiger partial charge is 0.192 e. The van der Waals surface area contributed by atoms with Gasteiger partial charge in [0.15, 0.2) is 0 Å². The molecule has 0 N–H and O–H groups in total. The summed E-state index contributed by atoms with van der Waals surface area (Å²) in [6, 6.07) is 5.94. The van der Waals surface area contributed by atoms with Crippen LogP contribution in [0.5, 0.6) is 0 Å². The summed E-state index contributed by atoms with van der Waals surface area (Å²) in [7, 11) is 0. The van der Waals surface area contributed by atoms with Crippen molar-refractivity contribution in [3.05, 3.63) is 28.1 Å². The van der Waals surface area contributed by atoms with Crippen molar-refractivity contribution in [3.8, 4) is 6.07 Å². The van der Waals surface area contributed by atoms with Gasteiger partial charge in [0.2, 0.25) is 0 Å². The Bertz CT molecular complexity index is 525. The fourth-order valence-corrected chi connectivity index (χ4v) is 3.66. The summed E-state index contributed by atoms with van der Waals surface area (Å²) >= 11 is 9.25. The highest BCUT2D eigenvalue weighted by molar-refractivity contribution is 7.99. The Morgan fingerprint density at radius 1 is 1.50 bits per heavy atom. The molecule has 1 aromatic heterocycles. The smallest absolute Gasteiger partial charge is 0.101 e. The second-order valence-electron chi connectivity index (χ2n) is 2.72. The van der Waals surface area contributed by atoms with E-state index in [1.54, 1.807) is 23.1 Å². The minimum atomic E-state index is 0.733. The van der Waals surface area contributed by atoms with Crippen molar-refractivity contribution in [2.45, 2.75) is 4.90 Å². The summed E-state index contributed by atoms with van der Waals surface area (Å²) in [5.41, 5.74) is 0.733. The standard InChI is InChI=1S/C10H6ClNS2/c1-13-10-8(11)3-2-7-6(4-12)5-14-9(7)10/h2-3,5H,1H3. The average molecular weight is 240 g/mol. The Hall–Kier alpha value is -0.690. The van der Waals surface area contributed by atoms with Gasteiger partial charge in [-0.1, -0.05) is 17.7 Å². The number of rotatable bonds is 1. The van der Waals surface area contributed by atoms with Crippen LogP contribution in [0.1, 0.15) is 5.56 Å². The lowest BCUT2D eigenvalue weighted by molar-refractivity contribution is 1.51. The van der Waals surface area contributed by atoms with Crippen LogP contribution in [-0.2, 0) is 0 Å². The number of thiophene rings is 1. The molecule has 0 aliphatic carbocycles. The summed E-state index contributed by atoms with van der Waals surface area (Å²) in [6.07, 6.45) is 1.99. The van der Waals surface area contributed by atoms with Crippen molar-refractivity contribution in [3.63, 3.8) is 0 Å². The second-order valence-corrected chi connectivity index (χ2v) is 4.82. The van der Waals surface area contributed by atoms with Crippen LogP contribution in [0.4, 0.5) is 0 Å². The molecule has 1 aromatic carbocycles. The lowest BCUT2D eigenvalue weighted by Gasteiger charge is -2.01. The molecule has 0 spiro atoms. The molecular formula is C10H6ClNS2. The predicted molar refractivity (Wildman–Crippen MR) is 63.3 cm³/mol. The molecule has 0 aliphatic rings. The number of fused-ring (bicyclic) bond motifs is 1. The summed E-state index contributed by atoms with van der Waals surface area (Å²) < 4.78 is 1.11. The molecule has 0 fully saturated rings. The number of hydrogen-bond donors (Lipinski definition) is 0. The fraction of sp³-hybridized carbons (Fsp3) is 0.100. The summed E-state index contributed by atoms with van der Waals surface area (Å²) in [5.74, 6) is 0. The lowest BCUT2D eigenvalue weighted by atomic mass is 10.2. The SMILES string of the molecule is CSc1c(Cl)ccc2c(C#N)csc12. The molecule has 0 aliphatic heterocycles. The summed E-state index contributed by atoms with van der Waals surface area (Å²) in [5, 5.41) is 12.5. The van der Waals surface area contributed by atoms with Gasteiger partial charge in [-0.25, -0.2) is 0 Å². The topological polar surface area (TPSA) is 23.8 Å². The Labute approximate surface area is 95.3 Å². The molecule has 14 heavy (non-hydrogen) atoms. The third-order valence-electron chi connectivity index (χ3n) is 1.97. The van der Waals surface area contributed by atoms with Gasteiger partial charge in [-0.05, 0) is 12.3 Å². The van der Waals surface area contributed by atoms with Gasteiger partial charge < -0.3 is 0 Å². The highest BCUT2D eigenvalue weighted by Crippen LogP contribution is 2.38. The van der Waals surface area contributed by atoms with Gasteiger partial charge in [0, 0.05) is 15.7 Å². The molecule has 2 aromatic rings. The molecule has 4 heteroatoms. The predicted octanol–water partition coefficient (Wildman–Crippen LogP) is 4.15. The van der Waals surface area contributed by atoms with Gasteiger partial charge in [0.1, 0.15) is 6.07 Å². The van der Waals surface area contributed by atoms with E-state index >= 15 is 0 Å². The monoisotopic (exact) mass is 239 g/mol. The molecule has 1 heterocycles. The van der Waals surface area contributed by atoms with Crippen molar-refractivity contribution in [2.24, 2.45) is 0 Å². The first-order valence-electron chi connectivity index (χ1n) is 3.91. The van der Waals surface area contributed by atoms with Crippen LogP contribution in [0, 0.1) is 11.3 Å². The highest BCUT2D eigenvalue weighted by Gasteiger charge is 2.09. The average Bonchev–Trinajstić information content (AvgIpc) is 2.60. The quantitative estimate of drug-likeness (QED) is 0.698. The lowest BCUT2D eigenvalue weighted by Crippen LogP contribution is -1.75. The maximum absolute atomic E-state index is 8.87.